The van der Waals surface area contributed by atoms with Gasteiger partial charge in [-0.15, -0.1) is 11.6 Å². The highest BCUT2D eigenvalue weighted by molar-refractivity contribution is 6.18. The molecule has 1 saturated heterocycles. The van der Waals surface area contributed by atoms with Gasteiger partial charge in [-0.3, -0.25) is 4.79 Å². The third kappa shape index (κ3) is 2.91. The lowest BCUT2D eigenvalue weighted by Gasteiger charge is -2.23. The first-order valence-electron chi connectivity index (χ1n) is 6.66. The van der Waals surface area contributed by atoms with Crippen LogP contribution in [0.25, 0.3) is 0 Å². The van der Waals surface area contributed by atoms with Gasteiger partial charge in [-0.25, -0.2) is 0 Å². The number of likely N-dealkylation sites (tertiary alicyclic amines) is 1. The SMILES string of the molecule is O=C(CCC1CCCC1)N1CCCC1CCl. The third-order valence-electron chi connectivity index (χ3n) is 4.12. The quantitative estimate of drug-likeness (QED) is 0.695. The van der Waals surface area contributed by atoms with Crippen molar-refractivity contribution in [3.8, 4) is 0 Å². The second-order valence-corrected chi connectivity index (χ2v) is 5.54. The molecule has 2 fully saturated rings. The molecule has 0 spiro atoms. The van der Waals surface area contributed by atoms with Crippen molar-refractivity contribution in [2.75, 3.05) is 12.4 Å². The van der Waals surface area contributed by atoms with E-state index in [2.05, 4.69) is 0 Å². The van der Waals surface area contributed by atoms with Crippen molar-refractivity contribution in [2.24, 2.45) is 5.92 Å². The molecule has 2 nitrogen and oxygen atoms in total. The number of carbonyl (C=O) groups excluding carboxylic acids is 1. The third-order valence-corrected chi connectivity index (χ3v) is 4.47. The lowest BCUT2D eigenvalue weighted by molar-refractivity contribution is -0.131. The number of alkyl halides is 1. The molecule has 16 heavy (non-hydrogen) atoms. The molecule has 92 valence electrons. The van der Waals surface area contributed by atoms with Crippen LogP contribution in [-0.4, -0.2) is 29.3 Å². The Bertz CT molecular complexity index is 238. The van der Waals surface area contributed by atoms with Gasteiger partial charge in [0, 0.05) is 24.9 Å². The molecule has 1 aliphatic carbocycles. The average molecular weight is 244 g/mol. The Hall–Kier alpha value is -0.240. The molecular weight excluding hydrogens is 222 g/mol. The monoisotopic (exact) mass is 243 g/mol. The van der Waals surface area contributed by atoms with E-state index in [9.17, 15) is 4.79 Å². The average Bonchev–Trinajstić information content (AvgIpc) is 2.96. The Kier molecular flexibility index (Phi) is 4.51. The molecule has 2 rings (SSSR count). The maximum atomic E-state index is 12.0. The van der Waals surface area contributed by atoms with Crippen LogP contribution in [0.2, 0.25) is 0 Å². The highest BCUT2D eigenvalue weighted by Gasteiger charge is 2.28. The fourth-order valence-electron chi connectivity index (χ4n) is 3.09. The zero-order valence-electron chi connectivity index (χ0n) is 9.96. The second-order valence-electron chi connectivity index (χ2n) is 5.23. The van der Waals surface area contributed by atoms with Crippen LogP contribution in [0.1, 0.15) is 51.4 Å². The largest absolute Gasteiger partial charge is 0.339 e. The van der Waals surface area contributed by atoms with E-state index >= 15 is 0 Å². The Morgan fingerprint density at radius 2 is 1.94 bits per heavy atom. The maximum Gasteiger partial charge on any atom is 0.222 e. The van der Waals surface area contributed by atoms with Crippen LogP contribution >= 0.6 is 11.6 Å². The highest BCUT2D eigenvalue weighted by Crippen LogP contribution is 2.29. The lowest BCUT2D eigenvalue weighted by atomic mass is 10.0. The van der Waals surface area contributed by atoms with Gasteiger partial charge in [0.05, 0.1) is 0 Å². The molecule has 1 atom stereocenters. The first kappa shape index (κ1) is 12.2. The molecule has 1 heterocycles. The van der Waals surface area contributed by atoms with Crippen LogP contribution < -0.4 is 0 Å². The molecule has 1 aliphatic heterocycles. The van der Waals surface area contributed by atoms with Crippen LogP contribution in [0.5, 0.6) is 0 Å². The van der Waals surface area contributed by atoms with Gasteiger partial charge >= 0.3 is 0 Å². The van der Waals surface area contributed by atoms with Crippen LogP contribution in [0.15, 0.2) is 0 Å². The van der Waals surface area contributed by atoms with Crippen molar-refractivity contribution < 1.29 is 4.79 Å². The summed E-state index contributed by atoms with van der Waals surface area (Å²) in [5, 5.41) is 0. The molecule has 3 heteroatoms. The Morgan fingerprint density at radius 1 is 1.19 bits per heavy atom. The van der Waals surface area contributed by atoms with Gasteiger partial charge in [0.25, 0.3) is 0 Å². The fraction of sp³-hybridized carbons (Fsp3) is 0.923. The smallest absolute Gasteiger partial charge is 0.222 e. The van der Waals surface area contributed by atoms with Gasteiger partial charge in [-0.1, -0.05) is 25.7 Å². The minimum Gasteiger partial charge on any atom is -0.339 e. The number of halogens is 1. The van der Waals surface area contributed by atoms with E-state index in [1.165, 1.54) is 25.7 Å². The number of amides is 1. The van der Waals surface area contributed by atoms with E-state index in [1.54, 1.807) is 0 Å². The lowest BCUT2D eigenvalue weighted by Crippen LogP contribution is -2.36. The molecule has 0 aromatic carbocycles. The van der Waals surface area contributed by atoms with Gasteiger partial charge in [0.2, 0.25) is 5.91 Å². The minimum atomic E-state index is 0.317. The molecule has 0 N–H and O–H groups in total. The molecule has 1 saturated carbocycles. The van der Waals surface area contributed by atoms with E-state index in [0.29, 0.717) is 17.8 Å². The summed E-state index contributed by atoms with van der Waals surface area (Å²) in [5.41, 5.74) is 0. The predicted molar refractivity (Wildman–Crippen MR) is 66.6 cm³/mol. The summed E-state index contributed by atoms with van der Waals surface area (Å²) >= 11 is 5.88. The minimum absolute atomic E-state index is 0.317. The van der Waals surface area contributed by atoms with Gasteiger partial charge in [-0.05, 0) is 25.2 Å². The number of rotatable bonds is 4. The van der Waals surface area contributed by atoms with Crippen molar-refractivity contribution >= 4 is 17.5 Å². The zero-order chi connectivity index (χ0) is 11.4. The number of hydrogen-bond acceptors (Lipinski definition) is 1. The molecule has 1 amide bonds. The fourth-order valence-corrected chi connectivity index (χ4v) is 3.42. The standard InChI is InChI=1S/C13H22ClNO/c14-10-12-6-3-9-15(12)13(16)8-7-11-4-1-2-5-11/h11-12H,1-10H2. The van der Waals surface area contributed by atoms with E-state index < -0.39 is 0 Å². The molecule has 0 bridgehead atoms. The van der Waals surface area contributed by atoms with Crippen LogP contribution in [-0.2, 0) is 4.79 Å². The summed E-state index contributed by atoms with van der Waals surface area (Å²) in [7, 11) is 0. The zero-order valence-corrected chi connectivity index (χ0v) is 10.7. The van der Waals surface area contributed by atoms with Crippen molar-refractivity contribution in [1.29, 1.82) is 0 Å². The van der Waals surface area contributed by atoms with Gasteiger partial charge in [0.15, 0.2) is 0 Å². The van der Waals surface area contributed by atoms with Crippen molar-refractivity contribution in [2.45, 2.75) is 57.4 Å². The number of carbonyl (C=O) groups is 1. The van der Waals surface area contributed by atoms with Crippen molar-refractivity contribution in [3.63, 3.8) is 0 Å². The predicted octanol–water partition coefficient (Wildman–Crippen LogP) is 3.19. The van der Waals surface area contributed by atoms with Gasteiger partial charge in [0.1, 0.15) is 0 Å². The van der Waals surface area contributed by atoms with Crippen molar-refractivity contribution in [1.82, 2.24) is 4.90 Å². The summed E-state index contributed by atoms with van der Waals surface area (Å²) < 4.78 is 0. The van der Waals surface area contributed by atoms with E-state index in [4.69, 9.17) is 11.6 Å². The normalized spacial score (nSPS) is 26.6. The highest BCUT2D eigenvalue weighted by atomic mass is 35.5. The first-order valence-corrected chi connectivity index (χ1v) is 7.20. The summed E-state index contributed by atoms with van der Waals surface area (Å²) in [4.78, 5) is 14.1. The van der Waals surface area contributed by atoms with E-state index in [-0.39, 0.29) is 0 Å². The molecule has 2 aliphatic rings. The van der Waals surface area contributed by atoms with E-state index in [1.807, 2.05) is 4.90 Å². The first-order chi connectivity index (χ1) is 7.81. The van der Waals surface area contributed by atoms with Crippen molar-refractivity contribution in [3.05, 3.63) is 0 Å². The Labute approximate surface area is 103 Å². The summed E-state index contributed by atoms with van der Waals surface area (Å²) in [5.74, 6) is 1.77. The molecule has 1 unspecified atom stereocenters. The summed E-state index contributed by atoms with van der Waals surface area (Å²) in [6.45, 7) is 0.931. The van der Waals surface area contributed by atoms with Crippen LogP contribution in [0.4, 0.5) is 0 Å². The van der Waals surface area contributed by atoms with Gasteiger partial charge in [-0.2, -0.15) is 0 Å². The number of nitrogens with zero attached hydrogens (tertiary/aromatic N) is 1. The summed E-state index contributed by atoms with van der Waals surface area (Å²) in [6.07, 6.45) is 9.49. The molecular formula is C13H22ClNO. The van der Waals surface area contributed by atoms with E-state index in [0.717, 1.165) is 38.1 Å². The Balaban J connectivity index is 1.74. The van der Waals surface area contributed by atoms with Crippen LogP contribution in [0.3, 0.4) is 0 Å². The topological polar surface area (TPSA) is 20.3 Å². The summed E-state index contributed by atoms with van der Waals surface area (Å²) in [6, 6.07) is 0.317. The second kappa shape index (κ2) is 5.90. The maximum absolute atomic E-state index is 12.0. The Morgan fingerprint density at radius 3 is 2.62 bits per heavy atom. The molecule has 0 aromatic rings. The molecule has 0 aromatic heterocycles. The molecule has 0 radical (unpaired) electrons. The number of hydrogen-bond donors (Lipinski definition) is 0. The van der Waals surface area contributed by atoms with Crippen LogP contribution in [0, 0.1) is 5.92 Å². The van der Waals surface area contributed by atoms with Gasteiger partial charge < -0.3 is 4.90 Å².